The lowest BCUT2D eigenvalue weighted by Gasteiger charge is -2.36. The van der Waals surface area contributed by atoms with Crippen molar-refractivity contribution in [1.82, 2.24) is 19.8 Å². The van der Waals surface area contributed by atoms with Crippen LogP contribution in [-0.4, -0.2) is 56.2 Å². The molecule has 3 aromatic heterocycles. The molecule has 0 radical (unpaired) electrons. The van der Waals surface area contributed by atoms with Crippen molar-refractivity contribution in [3.05, 3.63) is 59.1 Å². The molecule has 0 unspecified atom stereocenters. The Morgan fingerprint density at radius 3 is 2.69 bits per heavy atom. The van der Waals surface area contributed by atoms with Gasteiger partial charge in [-0.1, -0.05) is 0 Å². The Kier molecular flexibility index (Phi) is 5.17. The molecule has 1 saturated heterocycles. The second-order valence-electron chi connectivity index (χ2n) is 12.0. The summed E-state index contributed by atoms with van der Waals surface area (Å²) in [5, 5.41) is 18.6. The van der Waals surface area contributed by atoms with Crippen molar-refractivity contribution in [3.8, 4) is 11.5 Å². The molecule has 9 nitrogen and oxygen atoms in total. The first-order chi connectivity index (χ1) is 18.6. The van der Waals surface area contributed by atoms with Gasteiger partial charge in [0.2, 0.25) is 0 Å². The van der Waals surface area contributed by atoms with Crippen molar-refractivity contribution in [2.24, 2.45) is 5.41 Å². The summed E-state index contributed by atoms with van der Waals surface area (Å²) in [7, 11) is 0. The highest BCUT2D eigenvalue weighted by Crippen LogP contribution is 2.60. The molecular formula is C30H32N4O5. The van der Waals surface area contributed by atoms with Crippen LogP contribution in [0, 0.1) is 19.3 Å². The number of aliphatic hydroxyl groups is 1. The van der Waals surface area contributed by atoms with E-state index in [9.17, 15) is 14.7 Å². The number of carbonyl (C=O) groups is 2. The van der Waals surface area contributed by atoms with Crippen molar-refractivity contribution in [2.45, 2.75) is 64.5 Å². The molecule has 2 N–H and O–H groups in total. The lowest BCUT2D eigenvalue weighted by molar-refractivity contribution is 0.0572. The molecule has 2 amide bonds. The number of nitrogens with one attached hydrogen (secondary N) is 1. The van der Waals surface area contributed by atoms with Gasteiger partial charge in [0.25, 0.3) is 11.8 Å². The second-order valence-corrected chi connectivity index (χ2v) is 12.0. The van der Waals surface area contributed by atoms with Crippen LogP contribution in [0.15, 0.2) is 41.1 Å². The lowest BCUT2D eigenvalue weighted by atomic mass is 9.77. The largest absolute Gasteiger partial charge is 0.460 e. The van der Waals surface area contributed by atoms with Crippen LogP contribution in [0.3, 0.4) is 0 Å². The molecule has 202 valence electrons. The number of fused-ring (bicyclic) bond motifs is 2. The third-order valence-corrected chi connectivity index (χ3v) is 8.80. The monoisotopic (exact) mass is 528 g/mol. The summed E-state index contributed by atoms with van der Waals surface area (Å²) in [6.07, 6.45) is 8.64. The topological polar surface area (TPSA) is 109 Å². The van der Waals surface area contributed by atoms with Gasteiger partial charge in [-0.2, -0.15) is 5.10 Å². The maximum atomic E-state index is 13.2. The molecule has 3 fully saturated rings. The zero-order valence-corrected chi connectivity index (χ0v) is 22.4. The Labute approximate surface area is 225 Å². The van der Waals surface area contributed by atoms with E-state index in [1.165, 1.54) is 12.8 Å². The van der Waals surface area contributed by atoms with Crippen LogP contribution in [0.4, 0.5) is 0 Å². The van der Waals surface area contributed by atoms with E-state index in [0.717, 1.165) is 23.8 Å². The van der Waals surface area contributed by atoms with E-state index in [-0.39, 0.29) is 17.9 Å². The molecule has 9 heteroatoms. The molecule has 1 aliphatic heterocycles. The predicted molar refractivity (Wildman–Crippen MR) is 144 cm³/mol. The number of rotatable bonds is 5. The molecule has 7 rings (SSSR count). The molecule has 2 saturated carbocycles. The molecule has 3 aliphatic rings. The van der Waals surface area contributed by atoms with Gasteiger partial charge in [-0.25, -0.2) is 4.52 Å². The normalized spacial score (nSPS) is 22.0. The summed E-state index contributed by atoms with van der Waals surface area (Å²) in [6.45, 7) is 6.26. The Hall–Kier alpha value is -3.85. The Bertz CT molecular complexity index is 1650. The van der Waals surface area contributed by atoms with Crippen LogP contribution in [0.5, 0.6) is 11.5 Å². The van der Waals surface area contributed by atoms with Gasteiger partial charge in [0.05, 0.1) is 22.9 Å². The van der Waals surface area contributed by atoms with Crippen LogP contribution < -0.4 is 10.1 Å². The zero-order valence-electron chi connectivity index (χ0n) is 22.4. The first-order valence-corrected chi connectivity index (χ1v) is 13.6. The smallest absolute Gasteiger partial charge is 0.255 e. The van der Waals surface area contributed by atoms with Crippen LogP contribution in [0.2, 0.25) is 0 Å². The number of benzene rings is 1. The van der Waals surface area contributed by atoms with E-state index in [1.807, 2.05) is 26.0 Å². The standard InChI is InChI=1S/C30H32N4O5/c1-17-22(28(36)33-11-9-29(3,37)16-33)15-34-26(17)23(6-10-31-34)39-20-4-5-21-24(12-20)38-18(2)25(21)27(35)32-19-13-30(14-19)7-8-30/h4-6,10,12,15,19,37H,7-9,11,13-14,16H2,1-3H3,(H,32,35)/t29-/m1/s1. The highest BCUT2D eigenvalue weighted by atomic mass is 16.5. The fourth-order valence-corrected chi connectivity index (χ4v) is 6.41. The van der Waals surface area contributed by atoms with E-state index in [4.69, 9.17) is 9.15 Å². The summed E-state index contributed by atoms with van der Waals surface area (Å²) < 4.78 is 13.9. The number of β-amino-alcohol motifs (C(OH)–C–C–N with tert-alkyl or cyclic N) is 1. The van der Waals surface area contributed by atoms with Gasteiger partial charge in [-0.3, -0.25) is 9.59 Å². The molecule has 1 atom stereocenters. The number of furan rings is 1. The Balaban J connectivity index is 1.15. The van der Waals surface area contributed by atoms with Crippen molar-refractivity contribution < 1.29 is 23.8 Å². The Morgan fingerprint density at radius 1 is 1.18 bits per heavy atom. The fraction of sp³-hybridized carbons (Fsp3) is 0.433. The van der Waals surface area contributed by atoms with Crippen molar-refractivity contribution in [2.75, 3.05) is 13.1 Å². The molecule has 1 spiro atoms. The zero-order chi connectivity index (χ0) is 27.1. The summed E-state index contributed by atoms with van der Waals surface area (Å²) in [5.74, 6) is 1.47. The highest BCUT2D eigenvalue weighted by Gasteiger charge is 2.53. The number of hydrogen-bond acceptors (Lipinski definition) is 6. The fourth-order valence-electron chi connectivity index (χ4n) is 6.41. The van der Waals surface area contributed by atoms with Gasteiger partial charge >= 0.3 is 0 Å². The highest BCUT2D eigenvalue weighted by molar-refractivity contribution is 6.07. The van der Waals surface area contributed by atoms with Gasteiger partial charge in [-0.05, 0) is 76.0 Å². The number of likely N-dealkylation sites (tertiary alicyclic amines) is 1. The first kappa shape index (κ1) is 24.2. The minimum atomic E-state index is -0.866. The second kappa shape index (κ2) is 8.32. The predicted octanol–water partition coefficient (Wildman–Crippen LogP) is 4.76. The minimum Gasteiger partial charge on any atom is -0.460 e. The summed E-state index contributed by atoms with van der Waals surface area (Å²) in [4.78, 5) is 28.0. The van der Waals surface area contributed by atoms with Crippen molar-refractivity contribution in [3.63, 3.8) is 0 Å². The van der Waals surface area contributed by atoms with E-state index in [0.29, 0.717) is 64.4 Å². The maximum absolute atomic E-state index is 13.2. The molecule has 1 aromatic carbocycles. The van der Waals surface area contributed by atoms with Gasteiger partial charge < -0.3 is 24.5 Å². The lowest BCUT2D eigenvalue weighted by Crippen LogP contribution is -2.45. The first-order valence-electron chi connectivity index (χ1n) is 13.6. The van der Waals surface area contributed by atoms with Crippen LogP contribution in [-0.2, 0) is 0 Å². The van der Waals surface area contributed by atoms with Crippen molar-refractivity contribution >= 4 is 28.3 Å². The van der Waals surface area contributed by atoms with Gasteiger partial charge in [0.15, 0.2) is 5.75 Å². The number of ether oxygens (including phenoxy) is 1. The van der Waals surface area contributed by atoms with Crippen molar-refractivity contribution in [1.29, 1.82) is 0 Å². The molecular weight excluding hydrogens is 496 g/mol. The van der Waals surface area contributed by atoms with E-state index in [1.54, 1.807) is 40.9 Å². The van der Waals surface area contributed by atoms with E-state index in [2.05, 4.69) is 10.4 Å². The Morgan fingerprint density at radius 2 is 1.97 bits per heavy atom. The number of hydrogen-bond donors (Lipinski definition) is 2. The molecule has 4 aromatic rings. The molecule has 39 heavy (non-hydrogen) atoms. The molecule has 2 aliphatic carbocycles. The SMILES string of the molecule is Cc1oc2cc(Oc3ccnn4cc(C(=O)N5CC[C@@](C)(O)C5)c(C)c34)ccc2c1C(=O)NC1CC2(CC2)C1. The van der Waals surface area contributed by atoms with Crippen LogP contribution >= 0.6 is 0 Å². The average Bonchev–Trinajstić information content (AvgIpc) is 3.31. The minimum absolute atomic E-state index is 0.0863. The number of amides is 2. The summed E-state index contributed by atoms with van der Waals surface area (Å²) in [6, 6.07) is 7.48. The van der Waals surface area contributed by atoms with E-state index >= 15 is 0 Å². The average molecular weight is 529 g/mol. The number of aryl methyl sites for hydroxylation is 2. The van der Waals surface area contributed by atoms with Crippen LogP contribution in [0.1, 0.15) is 71.1 Å². The van der Waals surface area contributed by atoms with Crippen LogP contribution in [0.25, 0.3) is 16.5 Å². The molecule has 4 heterocycles. The molecule has 0 bridgehead atoms. The summed E-state index contributed by atoms with van der Waals surface area (Å²) >= 11 is 0. The van der Waals surface area contributed by atoms with Gasteiger partial charge in [0.1, 0.15) is 22.6 Å². The number of aromatic nitrogens is 2. The van der Waals surface area contributed by atoms with E-state index < -0.39 is 5.60 Å². The van der Waals surface area contributed by atoms with Gasteiger partial charge in [0, 0.05) is 42.8 Å². The quantitative estimate of drug-likeness (QED) is 0.387. The third kappa shape index (κ3) is 4.07. The summed E-state index contributed by atoms with van der Waals surface area (Å²) in [5.41, 5.74) is 2.79. The number of nitrogens with zero attached hydrogens (tertiary/aromatic N) is 3. The maximum Gasteiger partial charge on any atom is 0.255 e. The number of carbonyl (C=O) groups excluding carboxylic acids is 2. The third-order valence-electron chi connectivity index (χ3n) is 8.80. The van der Waals surface area contributed by atoms with Gasteiger partial charge in [-0.15, -0.1) is 0 Å².